The molecule has 2 fully saturated rings. The zero-order valence-corrected chi connectivity index (χ0v) is 15.2. The first-order valence-electron chi connectivity index (χ1n) is 9.39. The van der Waals surface area contributed by atoms with E-state index in [0.717, 1.165) is 39.0 Å². The van der Waals surface area contributed by atoms with Gasteiger partial charge in [0.05, 0.1) is 5.52 Å². The van der Waals surface area contributed by atoms with Crippen LogP contribution in [0.3, 0.4) is 0 Å². The number of likely N-dealkylation sites (N-methyl/N-ethyl adjacent to an activating group) is 1. The summed E-state index contributed by atoms with van der Waals surface area (Å²) >= 11 is 0. The van der Waals surface area contributed by atoms with Gasteiger partial charge in [-0.3, -0.25) is 14.0 Å². The summed E-state index contributed by atoms with van der Waals surface area (Å²) in [6, 6.07) is 5.61. The van der Waals surface area contributed by atoms with Crippen LogP contribution in [0.5, 0.6) is 0 Å². The second kappa shape index (κ2) is 7.07. The van der Waals surface area contributed by atoms with Gasteiger partial charge in [0.2, 0.25) is 5.82 Å². The van der Waals surface area contributed by atoms with Crippen molar-refractivity contribution >= 4 is 17.3 Å². The Hall–Kier alpha value is -2.41. The van der Waals surface area contributed by atoms with Gasteiger partial charge in [-0.2, -0.15) is 0 Å². The highest BCUT2D eigenvalue weighted by Crippen LogP contribution is 2.19. The van der Waals surface area contributed by atoms with Crippen LogP contribution in [-0.4, -0.2) is 82.2 Å². The number of fused-ring (bicyclic) bond motifs is 1. The number of piperazine rings is 1. The molecule has 2 aliphatic rings. The lowest BCUT2D eigenvalue weighted by atomic mass is 10.1. The Balaban J connectivity index is 1.67. The molecule has 7 heteroatoms. The van der Waals surface area contributed by atoms with Gasteiger partial charge in [-0.05, 0) is 38.4 Å². The van der Waals surface area contributed by atoms with E-state index in [2.05, 4.69) is 16.9 Å². The number of amides is 2. The molecule has 4 rings (SSSR count). The van der Waals surface area contributed by atoms with Crippen LogP contribution in [0.15, 0.2) is 24.4 Å². The summed E-state index contributed by atoms with van der Waals surface area (Å²) in [6.45, 7) is 4.63. The predicted molar refractivity (Wildman–Crippen MR) is 98.3 cm³/mol. The Morgan fingerprint density at radius 2 is 1.58 bits per heavy atom. The molecule has 26 heavy (non-hydrogen) atoms. The van der Waals surface area contributed by atoms with E-state index in [1.165, 1.54) is 6.42 Å². The Kier molecular flexibility index (Phi) is 4.63. The molecule has 7 nitrogen and oxygen atoms in total. The van der Waals surface area contributed by atoms with Gasteiger partial charge in [-0.25, -0.2) is 4.98 Å². The van der Waals surface area contributed by atoms with E-state index < -0.39 is 0 Å². The average molecular weight is 355 g/mol. The van der Waals surface area contributed by atoms with E-state index in [9.17, 15) is 9.59 Å². The molecule has 0 saturated carbocycles. The third kappa shape index (κ3) is 3.07. The van der Waals surface area contributed by atoms with E-state index in [4.69, 9.17) is 0 Å². The molecule has 2 aromatic rings. The van der Waals surface area contributed by atoms with Crippen molar-refractivity contribution in [1.82, 2.24) is 24.1 Å². The third-order valence-corrected chi connectivity index (χ3v) is 5.38. The molecule has 2 amide bonds. The minimum atomic E-state index is -0.0838. The van der Waals surface area contributed by atoms with Gasteiger partial charge >= 0.3 is 0 Å². The Morgan fingerprint density at radius 3 is 2.31 bits per heavy atom. The smallest absolute Gasteiger partial charge is 0.290 e. The quantitative estimate of drug-likeness (QED) is 0.816. The second-order valence-electron chi connectivity index (χ2n) is 7.19. The van der Waals surface area contributed by atoms with E-state index in [-0.39, 0.29) is 11.8 Å². The molecule has 0 aromatic carbocycles. The van der Waals surface area contributed by atoms with E-state index in [1.807, 2.05) is 34.2 Å². The third-order valence-electron chi connectivity index (χ3n) is 5.38. The zero-order chi connectivity index (χ0) is 18.1. The largest absolute Gasteiger partial charge is 0.336 e. The number of piperidine rings is 1. The van der Waals surface area contributed by atoms with Crippen molar-refractivity contribution in [3.63, 3.8) is 0 Å². The van der Waals surface area contributed by atoms with Crippen LogP contribution in [0.2, 0.25) is 0 Å². The zero-order valence-electron chi connectivity index (χ0n) is 15.2. The van der Waals surface area contributed by atoms with Crippen LogP contribution < -0.4 is 0 Å². The van der Waals surface area contributed by atoms with Gasteiger partial charge in [0.15, 0.2) is 5.69 Å². The van der Waals surface area contributed by atoms with Gasteiger partial charge in [0, 0.05) is 45.5 Å². The molecule has 0 N–H and O–H groups in total. The van der Waals surface area contributed by atoms with Crippen LogP contribution >= 0.6 is 0 Å². The van der Waals surface area contributed by atoms with Crippen molar-refractivity contribution in [1.29, 1.82) is 0 Å². The number of hydrogen-bond donors (Lipinski definition) is 0. The molecule has 4 heterocycles. The average Bonchev–Trinajstić information content (AvgIpc) is 3.08. The highest BCUT2D eigenvalue weighted by atomic mass is 16.2. The molecule has 0 radical (unpaired) electrons. The van der Waals surface area contributed by atoms with Crippen LogP contribution in [0, 0.1) is 0 Å². The van der Waals surface area contributed by atoms with Gasteiger partial charge in [-0.15, -0.1) is 0 Å². The first-order chi connectivity index (χ1) is 12.6. The molecular formula is C19H25N5O2. The standard InChI is InChI=1S/C19H25N5O2/c1-21-11-13-23(14-12-21)18(25)16-15-7-3-6-10-24(15)17(20-16)19(26)22-8-4-2-5-9-22/h3,6-7,10H,2,4-5,8-9,11-14H2,1H3. The van der Waals surface area contributed by atoms with Crippen molar-refractivity contribution < 1.29 is 9.59 Å². The van der Waals surface area contributed by atoms with Crippen molar-refractivity contribution in [3.05, 3.63) is 35.9 Å². The van der Waals surface area contributed by atoms with Gasteiger partial charge < -0.3 is 14.7 Å². The fourth-order valence-electron chi connectivity index (χ4n) is 3.74. The van der Waals surface area contributed by atoms with Crippen LogP contribution in [0.4, 0.5) is 0 Å². The summed E-state index contributed by atoms with van der Waals surface area (Å²) in [6.07, 6.45) is 5.05. The number of pyridine rings is 1. The summed E-state index contributed by atoms with van der Waals surface area (Å²) in [4.78, 5) is 36.4. The highest BCUT2D eigenvalue weighted by molar-refractivity contribution is 6.02. The maximum absolute atomic E-state index is 13.0. The molecule has 0 unspecified atom stereocenters. The van der Waals surface area contributed by atoms with E-state index in [1.54, 1.807) is 4.40 Å². The van der Waals surface area contributed by atoms with Gasteiger partial charge in [0.25, 0.3) is 11.8 Å². The van der Waals surface area contributed by atoms with Crippen molar-refractivity contribution in [2.75, 3.05) is 46.3 Å². The van der Waals surface area contributed by atoms with Crippen molar-refractivity contribution in [3.8, 4) is 0 Å². The first kappa shape index (κ1) is 17.0. The molecule has 2 aliphatic heterocycles. The van der Waals surface area contributed by atoms with Crippen molar-refractivity contribution in [2.45, 2.75) is 19.3 Å². The van der Waals surface area contributed by atoms with Crippen LogP contribution in [0.25, 0.3) is 5.52 Å². The fourth-order valence-corrected chi connectivity index (χ4v) is 3.74. The number of likely N-dealkylation sites (tertiary alicyclic amines) is 1. The molecule has 0 spiro atoms. The van der Waals surface area contributed by atoms with Gasteiger partial charge in [-0.1, -0.05) is 6.07 Å². The van der Waals surface area contributed by atoms with Crippen molar-refractivity contribution in [2.24, 2.45) is 0 Å². The summed E-state index contributed by atoms with van der Waals surface area (Å²) in [5.74, 6) is 0.183. The minimum absolute atomic E-state index is 0.0803. The fraction of sp³-hybridized carbons (Fsp3) is 0.526. The highest BCUT2D eigenvalue weighted by Gasteiger charge is 2.29. The normalized spacial score (nSPS) is 19.1. The lowest BCUT2D eigenvalue weighted by Gasteiger charge is -2.32. The predicted octanol–water partition coefficient (Wildman–Crippen LogP) is 1.35. The molecule has 0 bridgehead atoms. The number of aromatic nitrogens is 2. The van der Waals surface area contributed by atoms with Gasteiger partial charge in [0.1, 0.15) is 0 Å². The summed E-state index contributed by atoms with van der Waals surface area (Å²) < 4.78 is 1.76. The molecule has 0 aliphatic carbocycles. The van der Waals surface area contributed by atoms with E-state index >= 15 is 0 Å². The monoisotopic (exact) mass is 355 g/mol. The van der Waals surface area contributed by atoms with Crippen LogP contribution in [-0.2, 0) is 0 Å². The number of nitrogens with zero attached hydrogens (tertiary/aromatic N) is 5. The lowest BCUT2D eigenvalue weighted by molar-refractivity contribution is 0.0660. The molecular weight excluding hydrogens is 330 g/mol. The Bertz CT molecular complexity index is 816. The Labute approximate surface area is 153 Å². The lowest BCUT2D eigenvalue weighted by Crippen LogP contribution is -2.47. The minimum Gasteiger partial charge on any atom is -0.336 e. The summed E-state index contributed by atoms with van der Waals surface area (Å²) in [7, 11) is 2.06. The molecule has 2 aromatic heterocycles. The molecule has 0 atom stereocenters. The van der Waals surface area contributed by atoms with Crippen LogP contribution in [0.1, 0.15) is 40.4 Å². The second-order valence-corrected chi connectivity index (χ2v) is 7.19. The number of carbonyl (C=O) groups is 2. The number of carbonyl (C=O) groups excluding carboxylic acids is 2. The van der Waals surface area contributed by atoms with E-state index in [0.29, 0.717) is 30.1 Å². The molecule has 2 saturated heterocycles. The SMILES string of the molecule is CN1CCN(C(=O)c2nc(C(=O)N3CCCCC3)n3ccccc23)CC1. The number of rotatable bonds is 2. The molecule has 138 valence electrons. The Morgan fingerprint density at radius 1 is 0.885 bits per heavy atom. The number of hydrogen-bond acceptors (Lipinski definition) is 4. The maximum Gasteiger partial charge on any atom is 0.290 e. The first-order valence-corrected chi connectivity index (χ1v) is 9.39. The maximum atomic E-state index is 13.0. The topological polar surface area (TPSA) is 61.2 Å². The number of imidazole rings is 1. The summed E-state index contributed by atoms with van der Waals surface area (Å²) in [5.41, 5.74) is 1.09. The summed E-state index contributed by atoms with van der Waals surface area (Å²) in [5, 5.41) is 0.